The number of carbonyl (C=O) groups is 1. The van der Waals surface area contributed by atoms with Crippen LogP contribution in [0.15, 0.2) is 53.9 Å². The van der Waals surface area contributed by atoms with Crippen LogP contribution in [0, 0.1) is 6.92 Å². The van der Waals surface area contributed by atoms with E-state index in [1.165, 1.54) is 18.2 Å². The lowest BCUT2D eigenvalue weighted by atomic mass is 10.1. The summed E-state index contributed by atoms with van der Waals surface area (Å²) in [6, 6.07) is 13.8. The van der Waals surface area contributed by atoms with Gasteiger partial charge in [0, 0.05) is 23.1 Å². The van der Waals surface area contributed by atoms with Crippen molar-refractivity contribution in [3.05, 3.63) is 70.0 Å². The number of ether oxygens (including phenoxy) is 1. The smallest absolute Gasteiger partial charge is 0.387 e. The molecule has 27 heavy (non-hydrogen) atoms. The Kier molecular flexibility index (Phi) is 6.13. The van der Waals surface area contributed by atoms with Crippen molar-refractivity contribution in [2.75, 3.05) is 6.54 Å². The molecule has 2 aromatic carbocycles. The summed E-state index contributed by atoms with van der Waals surface area (Å²) < 4.78 is 28.8. The Morgan fingerprint density at radius 1 is 1.22 bits per heavy atom. The lowest BCUT2D eigenvalue weighted by molar-refractivity contribution is -0.0498. The van der Waals surface area contributed by atoms with Crippen molar-refractivity contribution in [1.82, 2.24) is 10.3 Å². The summed E-state index contributed by atoms with van der Waals surface area (Å²) in [7, 11) is 0. The van der Waals surface area contributed by atoms with Crippen molar-refractivity contribution in [2.24, 2.45) is 0 Å². The van der Waals surface area contributed by atoms with Crippen LogP contribution in [0.3, 0.4) is 0 Å². The van der Waals surface area contributed by atoms with Gasteiger partial charge in [-0.2, -0.15) is 8.78 Å². The van der Waals surface area contributed by atoms with Gasteiger partial charge in [-0.3, -0.25) is 4.79 Å². The lowest BCUT2D eigenvalue weighted by Crippen LogP contribution is -2.25. The number of benzene rings is 2. The molecule has 140 valence electrons. The van der Waals surface area contributed by atoms with E-state index in [0.717, 1.165) is 21.8 Å². The molecule has 3 aromatic rings. The largest absolute Gasteiger partial charge is 0.435 e. The molecule has 0 aliphatic carbocycles. The van der Waals surface area contributed by atoms with Crippen LogP contribution in [0.4, 0.5) is 8.78 Å². The molecule has 1 aromatic heterocycles. The third kappa shape index (κ3) is 5.34. The molecule has 7 heteroatoms. The van der Waals surface area contributed by atoms with Gasteiger partial charge >= 0.3 is 6.61 Å². The van der Waals surface area contributed by atoms with Gasteiger partial charge in [0.2, 0.25) is 0 Å². The van der Waals surface area contributed by atoms with Crippen LogP contribution in [0.2, 0.25) is 0 Å². The Hall–Kier alpha value is -2.80. The Morgan fingerprint density at radius 2 is 2.00 bits per heavy atom. The van der Waals surface area contributed by atoms with Gasteiger partial charge in [-0.1, -0.05) is 30.3 Å². The molecular formula is C20H18F2N2O2S. The number of hydrogen-bond acceptors (Lipinski definition) is 4. The summed E-state index contributed by atoms with van der Waals surface area (Å²) in [6.45, 7) is -0.506. The summed E-state index contributed by atoms with van der Waals surface area (Å²) in [5, 5.41) is 5.84. The van der Waals surface area contributed by atoms with Crippen LogP contribution in [0.1, 0.15) is 20.9 Å². The van der Waals surface area contributed by atoms with Gasteiger partial charge in [-0.15, -0.1) is 11.3 Å². The van der Waals surface area contributed by atoms with Crippen molar-refractivity contribution in [1.29, 1.82) is 0 Å². The number of amides is 1. The first-order valence-electron chi connectivity index (χ1n) is 8.36. The Balaban J connectivity index is 1.53. The van der Waals surface area contributed by atoms with Crippen molar-refractivity contribution < 1.29 is 18.3 Å². The first-order valence-corrected chi connectivity index (χ1v) is 9.24. The molecule has 0 fully saturated rings. The fourth-order valence-electron chi connectivity index (χ4n) is 2.57. The monoisotopic (exact) mass is 388 g/mol. The predicted octanol–water partition coefficient (Wildman–Crippen LogP) is 4.69. The average Bonchev–Trinajstić information content (AvgIpc) is 3.08. The number of nitrogens with zero attached hydrogens (tertiary/aromatic N) is 1. The number of aromatic nitrogens is 1. The SMILES string of the molecule is Cc1nc(-c2ccc(CCNC(=O)c3cccc(OC(F)F)c3)cc2)cs1. The van der Waals surface area contributed by atoms with E-state index in [2.05, 4.69) is 15.0 Å². The van der Waals surface area contributed by atoms with Gasteiger partial charge < -0.3 is 10.1 Å². The third-order valence-corrected chi connectivity index (χ3v) is 4.66. The molecule has 3 rings (SSSR count). The molecule has 0 spiro atoms. The number of thiazole rings is 1. The maximum Gasteiger partial charge on any atom is 0.387 e. The second-order valence-corrected chi connectivity index (χ2v) is 6.92. The number of hydrogen-bond donors (Lipinski definition) is 1. The van der Waals surface area contributed by atoms with E-state index in [0.29, 0.717) is 13.0 Å². The van der Waals surface area contributed by atoms with E-state index in [1.807, 2.05) is 36.6 Å². The highest BCUT2D eigenvalue weighted by Gasteiger charge is 2.09. The van der Waals surface area contributed by atoms with Gasteiger partial charge in [-0.25, -0.2) is 4.98 Å². The summed E-state index contributed by atoms with van der Waals surface area (Å²) in [4.78, 5) is 16.6. The first-order chi connectivity index (χ1) is 13.0. The molecular weight excluding hydrogens is 370 g/mol. The summed E-state index contributed by atoms with van der Waals surface area (Å²) >= 11 is 1.61. The Labute approximate surface area is 159 Å². The van der Waals surface area contributed by atoms with Crippen LogP contribution < -0.4 is 10.1 Å². The van der Waals surface area contributed by atoms with Crippen LogP contribution >= 0.6 is 11.3 Å². The molecule has 1 N–H and O–H groups in total. The fraction of sp³-hybridized carbons (Fsp3) is 0.200. The summed E-state index contributed by atoms with van der Waals surface area (Å²) in [5.41, 5.74) is 3.38. The van der Waals surface area contributed by atoms with Crippen LogP contribution in [0.25, 0.3) is 11.3 Å². The van der Waals surface area contributed by atoms with E-state index in [1.54, 1.807) is 17.4 Å². The molecule has 0 saturated carbocycles. The van der Waals surface area contributed by atoms with Gasteiger partial charge in [0.15, 0.2) is 0 Å². The molecule has 0 aliphatic heterocycles. The normalized spacial score (nSPS) is 10.8. The maximum absolute atomic E-state index is 12.3. The highest BCUT2D eigenvalue weighted by atomic mass is 32.1. The van der Waals surface area contributed by atoms with Crippen molar-refractivity contribution in [2.45, 2.75) is 20.0 Å². The highest BCUT2D eigenvalue weighted by molar-refractivity contribution is 7.09. The highest BCUT2D eigenvalue weighted by Crippen LogP contribution is 2.22. The Morgan fingerprint density at radius 3 is 2.67 bits per heavy atom. The molecule has 0 atom stereocenters. The number of aryl methyl sites for hydroxylation is 1. The first kappa shape index (κ1) is 19.0. The molecule has 1 heterocycles. The quantitative estimate of drug-likeness (QED) is 0.639. The van der Waals surface area contributed by atoms with Gasteiger partial charge in [0.25, 0.3) is 5.91 Å². The second kappa shape index (κ2) is 8.73. The number of halogens is 2. The number of rotatable bonds is 7. The van der Waals surface area contributed by atoms with Crippen LogP contribution in [0.5, 0.6) is 5.75 Å². The lowest BCUT2D eigenvalue weighted by Gasteiger charge is -2.08. The van der Waals surface area contributed by atoms with E-state index in [4.69, 9.17) is 0 Å². The van der Waals surface area contributed by atoms with Gasteiger partial charge in [-0.05, 0) is 37.1 Å². The molecule has 0 radical (unpaired) electrons. The number of alkyl halides is 2. The molecule has 0 aliphatic rings. The molecule has 4 nitrogen and oxygen atoms in total. The fourth-order valence-corrected chi connectivity index (χ4v) is 3.20. The minimum atomic E-state index is -2.92. The predicted molar refractivity (Wildman–Crippen MR) is 101 cm³/mol. The summed E-state index contributed by atoms with van der Waals surface area (Å²) in [6.07, 6.45) is 0.662. The standard InChI is InChI=1S/C20H18F2N2O2S/c1-13-24-18(12-27-13)15-7-5-14(6-8-15)9-10-23-19(25)16-3-2-4-17(11-16)26-20(21)22/h2-8,11-12,20H,9-10H2,1H3,(H,23,25). The Bertz CT molecular complexity index is 910. The zero-order chi connectivity index (χ0) is 19.2. The molecule has 0 bridgehead atoms. The van der Waals surface area contributed by atoms with Crippen molar-refractivity contribution >= 4 is 17.2 Å². The summed E-state index contributed by atoms with van der Waals surface area (Å²) in [5.74, 6) is -0.366. The second-order valence-electron chi connectivity index (χ2n) is 5.86. The number of nitrogens with one attached hydrogen (secondary N) is 1. The van der Waals surface area contributed by atoms with E-state index >= 15 is 0 Å². The zero-order valence-electron chi connectivity index (χ0n) is 14.6. The topological polar surface area (TPSA) is 51.2 Å². The van der Waals surface area contributed by atoms with E-state index in [-0.39, 0.29) is 17.2 Å². The maximum atomic E-state index is 12.3. The minimum absolute atomic E-state index is 0.0366. The van der Waals surface area contributed by atoms with Crippen LogP contribution in [-0.4, -0.2) is 24.0 Å². The minimum Gasteiger partial charge on any atom is -0.435 e. The number of carbonyl (C=O) groups excluding carboxylic acids is 1. The zero-order valence-corrected chi connectivity index (χ0v) is 15.4. The van der Waals surface area contributed by atoms with Crippen LogP contribution in [-0.2, 0) is 6.42 Å². The molecule has 1 amide bonds. The van der Waals surface area contributed by atoms with Crippen molar-refractivity contribution in [3.63, 3.8) is 0 Å². The third-order valence-electron chi connectivity index (χ3n) is 3.89. The molecule has 0 saturated heterocycles. The van der Waals surface area contributed by atoms with Gasteiger partial charge in [0.05, 0.1) is 10.7 Å². The molecule has 0 unspecified atom stereocenters. The van der Waals surface area contributed by atoms with E-state index in [9.17, 15) is 13.6 Å². The average molecular weight is 388 g/mol. The van der Waals surface area contributed by atoms with Gasteiger partial charge in [0.1, 0.15) is 5.75 Å². The van der Waals surface area contributed by atoms with Crippen molar-refractivity contribution in [3.8, 4) is 17.0 Å². The van der Waals surface area contributed by atoms with E-state index < -0.39 is 6.61 Å².